The summed E-state index contributed by atoms with van der Waals surface area (Å²) in [5, 5.41) is 11.8. The van der Waals surface area contributed by atoms with Gasteiger partial charge in [-0.25, -0.2) is 4.79 Å². The second kappa shape index (κ2) is 5.45. The van der Waals surface area contributed by atoms with E-state index in [0.29, 0.717) is 11.1 Å². The van der Waals surface area contributed by atoms with Gasteiger partial charge in [0, 0.05) is 0 Å². The summed E-state index contributed by atoms with van der Waals surface area (Å²) >= 11 is 0. The van der Waals surface area contributed by atoms with Crippen molar-refractivity contribution in [1.29, 1.82) is 0 Å². The van der Waals surface area contributed by atoms with Crippen LogP contribution in [0.2, 0.25) is 0 Å². The monoisotopic (exact) mass is 236 g/mol. The molecular formula is C12H16N2O3. The maximum atomic E-state index is 11.8. The van der Waals surface area contributed by atoms with Gasteiger partial charge in [0.2, 0.25) is 0 Å². The maximum Gasteiger partial charge on any atom is 0.338 e. The molecule has 0 unspecified atom stereocenters. The van der Waals surface area contributed by atoms with Crippen molar-refractivity contribution in [3.05, 3.63) is 35.4 Å². The van der Waals surface area contributed by atoms with Gasteiger partial charge in [-0.05, 0) is 38.5 Å². The largest absolute Gasteiger partial charge is 0.456 e. The molecule has 17 heavy (non-hydrogen) atoms. The second-order valence-electron chi connectivity index (χ2n) is 4.49. The summed E-state index contributed by atoms with van der Waals surface area (Å²) in [5.41, 5.74) is 2.27. The molecule has 0 aliphatic heterocycles. The molecule has 0 bridgehead atoms. The van der Waals surface area contributed by atoms with Crippen molar-refractivity contribution >= 4 is 12.2 Å². The average molecular weight is 236 g/mol. The number of nitrogens with zero attached hydrogens (tertiary/aromatic N) is 1. The lowest BCUT2D eigenvalue weighted by Gasteiger charge is -2.19. The highest BCUT2D eigenvalue weighted by Gasteiger charge is 2.17. The summed E-state index contributed by atoms with van der Waals surface area (Å²) in [6.45, 7) is 5.43. The zero-order chi connectivity index (χ0) is 12.9. The molecule has 5 nitrogen and oxygen atoms in total. The topological polar surface area (TPSA) is 70.9 Å². The van der Waals surface area contributed by atoms with Gasteiger partial charge in [-0.2, -0.15) is 10.7 Å². The van der Waals surface area contributed by atoms with Crippen LogP contribution in [-0.4, -0.2) is 23.0 Å². The van der Waals surface area contributed by atoms with Crippen LogP contribution in [0.15, 0.2) is 29.4 Å². The number of rotatable bonds is 3. The van der Waals surface area contributed by atoms with Gasteiger partial charge in [-0.15, -0.1) is 0 Å². The van der Waals surface area contributed by atoms with Gasteiger partial charge in [0.15, 0.2) is 0 Å². The number of nitrogens with one attached hydrogen (secondary N) is 1. The predicted octanol–water partition coefficient (Wildman–Crippen LogP) is 1.95. The van der Waals surface area contributed by atoms with Crippen molar-refractivity contribution in [3.8, 4) is 0 Å². The van der Waals surface area contributed by atoms with E-state index in [2.05, 4.69) is 5.10 Å². The number of carbonyl (C=O) groups is 1. The number of ether oxygens (including phenoxy) is 1. The van der Waals surface area contributed by atoms with Gasteiger partial charge in [0.05, 0.1) is 11.8 Å². The Morgan fingerprint density at radius 2 is 2.18 bits per heavy atom. The minimum absolute atomic E-state index is 0.385. The first kappa shape index (κ1) is 13.2. The van der Waals surface area contributed by atoms with Crippen LogP contribution in [0, 0.1) is 0 Å². The van der Waals surface area contributed by atoms with Crippen LogP contribution in [0.4, 0.5) is 0 Å². The summed E-state index contributed by atoms with van der Waals surface area (Å²) in [6.07, 6.45) is 1.40. The molecule has 1 aromatic carbocycles. The molecule has 0 saturated carbocycles. The molecule has 0 aliphatic rings. The smallest absolute Gasteiger partial charge is 0.338 e. The highest BCUT2D eigenvalue weighted by molar-refractivity contribution is 5.92. The van der Waals surface area contributed by atoms with Gasteiger partial charge < -0.3 is 4.74 Å². The number of hydrogen-bond donors (Lipinski definition) is 2. The van der Waals surface area contributed by atoms with E-state index in [1.165, 1.54) is 6.21 Å². The van der Waals surface area contributed by atoms with Crippen molar-refractivity contribution in [3.63, 3.8) is 0 Å². The Bertz CT molecular complexity index is 422. The van der Waals surface area contributed by atoms with E-state index in [1.807, 2.05) is 20.8 Å². The molecule has 1 aromatic rings. The fourth-order valence-corrected chi connectivity index (χ4v) is 1.19. The Labute approximate surface area is 100 Å². The maximum absolute atomic E-state index is 11.8. The summed E-state index contributed by atoms with van der Waals surface area (Å²) < 4.78 is 5.23. The zero-order valence-electron chi connectivity index (χ0n) is 10.1. The number of hydrogen-bond acceptors (Lipinski definition) is 5. The van der Waals surface area contributed by atoms with Gasteiger partial charge in [-0.3, -0.25) is 5.21 Å². The van der Waals surface area contributed by atoms with Crippen molar-refractivity contribution in [1.82, 2.24) is 5.59 Å². The van der Waals surface area contributed by atoms with Crippen LogP contribution < -0.4 is 5.59 Å². The van der Waals surface area contributed by atoms with Gasteiger partial charge in [0.1, 0.15) is 5.60 Å². The standard InChI is InChI=1S/C12H16N2O3/c1-12(2,3)17-11(15)10-6-4-5-9(7-10)8-13-14-16/h4-8,14,16H,1-3H3/b13-8+. The van der Waals surface area contributed by atoms with Crippen molar-refractivity contribution in [2.45, 2.75) is 26.4 Å². The number of hydrazone groups is 1. The summed E-state index contributed by atoms with van der Waals surface area (Å²) in [6, 6.07) is 6.78. The Morgan fingerprint density at radius 1 is 1.47 bits per heavy atom. The molecule has 0 radical (unpaired) electrons. The van der Waals surface area contributed by atoms with Crippen LogP contribution in [0.3, 0.4) is 0 Å². The first-order chi connectivity index (χ1) is 7.92. The lowest BCUT2D eigenvalue weighted by atomic mass is 10.1. The molecule has 0 fully saturated rings. The normalized spacial score (nSPS) is 11.5. The Balaban J connectivity index is 2.84. The van der Waals surface area contributed by atoms with Crippen molar-refractivity contribution < 1.29 is 14.7 Å². The first-order valence-electron chi connectivity index (χ1n) is 5.18. The molecule has 0 amide bonds. The van der Waals surface area contributed by atoms with Crippen LogP contribution in [0.5, 0.6) is 0 Å². The molecule has 5 heteroatoms. The van der Waals surface area contributed by atoms with E-state index in [0.717, 1.165) is 0 Å². The second-order valence-corrected chi connectivity index (χ2v) is 4.49. The van der Waals surface area contributed by atoms with Crippen LogP contribution >= 0.6 is 0 Å². The Hall–Kier alpha value is -1.88. The zero-order valence-corrected chi connectivity index (χ0v) is 10.1. The Kier molecular flexibility index (Phi) is 4.23. The lowest BCUT2D eigenvalue weighted by molar-refractivity contribution is 0.00695. The Morgan fingerprint density at radius 3 is 2.76 bits per heavy atom. The van der Waals surface area contributed by atoms with E-state index < -0.39 is 5.60 Å². The van der Waals surface area contributed by atoms with Crippen molar-refractivity contribution in [2.24, 2.45) is 5.10 Å². The van der Waals surface area contributed by atoms with Gasteiger partial charge >= 0.3 is 5.97 Å². The molecule has 1 rings (SSSR count). The van der Waals surface area contributed by atoms with E-state index in [9.17, 15) is 4.79 Å². The lowest BCUT2D eigenvalue weighted by Crippen LogP contribution is -2.23. The molecule has 2 N–H and O–H groups in total. The predicted molar refractivity (Wildman–Crippen MR) is 64.1 cm³/mol. The van der Waals surface area contributed by atoms with Crippen LogP contribution in [-0.2, 0) is 4.74 Å². The number of carbonyl (C=O) groups excluding carboxylic acids is 1. The fourth-order valence-electron chi connectivity index (χ4n) is 1.19. The van der Waals surface area contributed by atoms with E-state index in [-0.39, 0.29) is 5.97 Å². The molecule has 92 valence electrons. The fraction of sp³-hybridized carbons (Fsp3) is 0.333. The third-order valence-corrected chi connectivity index (χ3v) is 1.79. The summed E-state index contributed by atoms with van der Waals surface area (Å²) in [7, 11) is 0. The minimum Gasteiger partial charge on any atom is -0.456 e. The SMILES string of the molecule is CC(C)(C)OC(=O)c1cccc(/C=N/NO)c1. The molecule has 0 spiro atoms. The quantitative estimate of drug-likeness (QED) is 0.478. The summed E-state index contributed by atoms with van der Waals surface area (Å²) in [5.74, 6) is -0.385. The molecular weight excluding hydrogens is 220 g/mol. The van der Waals surface area contributed by atoms with E-state index >= 15 is 0 Å². The minimum atomic E-state index is -0.520. The van der Waals surface area contributed by atoms with Crippen LogP contribution in [0.25, 0.3) is 0 Å². The highest BCUT2D eigenvalue weighted by atomic mass is 16.6. The average Bonchev–Trinajstić information content (AvgIpc) is 2.24. The van der Waals surface area contributed by atoms with Gasteiger partial charge in [-0.1, -0.05) is 12.1 Å². The summed E-state index contributed by atoms with van der Waals surface area (Å²) in [4.78, 5) is 11.8. The van der Waals surface area contributed by atoms with Crippen molar-refractivity contribution in [2.75, 3.05) is 0 Å². The van der Waals surface area contributed by atoms with Gasteiger partial charge in [0.25, 0.3) is 0 Å². The third-order valence-electron chi connectivity index (χ3n) is 1.79. The van der Waals surface area contributed by atoms with E-state index in [1.54, 1.807) is 29.9 Å². The van der Waals surface area contributed by atoms with Crippen LogP contribution in [0.1, 0.15) is 36.7 Å². The van der Waals surface area contributed by atoms with E-state index in [4.69, 9.17) is 9.94 Å². The highest BCUT2D eigenvalue weighted by Crippen LogP contribution is 2.12. The number of benzene rings is 1. The molecule has 0 atom stereocenters. The molecule has 0 aliphatic carbocycles. The molecule has 0 heterocycles. The number of esters is 1. The first-order valence-corrected chi connectivity index (χ1v) is 5.18. The third kappa shape index (κ3) is 4.65. The molecule has 0 saturated heterocycles. The molecule has 0 aromatic heterocycles.